The molecule has 1 aromatic carbocycles. The maximum Gasteiger partial charge on any atom is 0.0574 e. The van der Waals surface area contributed by atoms with Crippen LogP contribution in [0, 0.1) is 12.3 Å². The van der Waals surface area contributed by atoms with Crippen molar-refractivity contribution < 1.29 is 0 Å². The molecule has 1 atom stereocenters. The van der Waals surface area contributed by atoms with E-state index < -0.39 is 0 Å². The van der Waals surface area contributed by atoms with E-state index in [1.54, 1.807) is 0 Å². The summed E-state index contributed by atoms with van der Waals surface area (Å²) in [6.45, 7) is 4.96. The van der Waals surface area contributed by atoms with E-state index in [4.69, 9.17) is 6.42 Å². The van der Waals surface area contributed by atoms with Crippen LogP contribution in [0.25, 0.3) is 0 Å². The fraction of sp³-hybridized carbons (Fsp3) is 0.429. The smallest absolute Gasteiger partial charge is 0.0574 e. The van der Waals surface area contributed by atoms with Crippen LogP contribution in [0.5, 0.6) is 0 Å². The molecule has 2 nitrogen and oxygen atoms in total. The molecular weight excluding hydrogens is 196 g/mol. The fourth-order valence-corrected chi connectivity index (χ4v) is 2.29. The summed E-state index contributed by atoms with van der Waals surface area (Å²) in [7, 11) is 0. The number of fused-ring (bicyclic) bond motifs is 1. The number of hydrogen-bond donors (Lipinski definition) is 1. The highest BCUT2D eigenvalue weighted by atomic mass is 15.2. The van der Waals surface area contributed by atoms with Gasteiger partial charge in [-0.15, -0.1) is 6.42 Å². The number of nitrogens with one attached hydrogen (secondary N) is 1. The van der Waals surface area contributed by atoms with E-state index in [-0.39, 0.29) is 0 Å². The zero-order chi connectivity index (χ0) is 11.4. The third kappa shape index (κ3) is 2.20. The average Bonchev–Trinajstić information content (AvgIpc) is 2.73. The average molecular weight is 214 g/mol. The normalized spacial score (nSPS) is 15.6. The number of benzene rings is 1. The van der Waals surface area contributed by atoms with Crippen molar-refractivity contribution in [2.45, 2.75) is 19.4 Å². The monoisotopic (exact) mass is 214 g/mol. The van der Waals surface area contributed by atoms with Gasteiger partial charge in [0.2, 0.25) is 0 Å². The molecule has 1 aromatic rings. The molecule has 1 heterocycles. The van der Waals surface area contributed by atoms with Crippen LogP contribution in [0.1, 0.15) is 12.5 Å². The largest absolute Gasteiger partial charge is 0.367 e. The Balaban J connectivity index is 1.99. The van der Waals surface area contributed by atoms with E-state index in [0.717, 1.165) is 19.5 Å². The standard InChI is InChI=1S/C14H18N2/c1-3-9-15-11-12(2)16-10-8-13-6-4-5-7-14(13)16/h1,4-7,12,15H,8-11H2,2H3. The number of para-hydroxylation sites is 1. The van der Waals surface area contributed by atoms with Crippen molar-refractivity contribution >= 4 is 5.69 Å². The summed E-state index contributed by atoms with van der Waals surface area (Å²) in [5.41, 5.74) is 2.85. The minimum atomic E-state index is 0.497. The molecule has 0 aliphatic carbocycles. The van der Waals surface area contributed by atoms with Crippen LogP contribution in [-0.2, 0) is 6.42 Å². The van der Waals surface area contributed by atoms with Gasteiger partial charge in [0.25, 0.3) is 0 Å². The second-order valence-corrected chi connectivity index (χ2v) is 4.26. The lowest BCUT2D eigenvalue weighted by molar-refractivity contribution is 0.597. The Hall–Kier alpha value is -1.46. The molecule has 0 spiro atoms. The first-order chi connectivity index (χ1) is 7.83. The van der Waals surface area contributed by atoms with Gasteiger partial charge in [-0.3, -0.25) is 0 Å². The minimum Gasteiger partial charge on any atom is -0.367 e. The summed E-state index contributed by atoms with van der Waals surface area (Å²) >= 11 is 0. The van der Waals surface area contributed by atoms with E-state index in [1.807, 2.05) is 0 Å². The summed E-state index contributed by atoms with van der Waals surface area (Å²) < 4.78 is 0. The summed E-state index contributed by atoms with van der Waals surface area (Å²) in [5.74, 6) is 2.60. The number of nitrogens with zero attached hydrogens (tertiary/aromatic N) is 1. The van der Waals surface area contributed by atoms with E-state index in [2.05, 4.69) is 47.3 Å². The third-order valence-corrected chi connectivity index (χ3v) is 3.12. The van der Waals surface area contributed by atoms with Crippen molar-refractivity contribution in [1.82, 2.24) is 5.32 Å². The molecular formula is C14H18N2. The molecule has 0 saturated heterocycles. The third-order valence-electron chi connectivity index (χ3n) is 3.12. The van der Waals surface area contributed by atoms with Crippen molar-refractivity contribution in [3.05, 3.63) is 29.8 Å². The van der Waals surface area contributed by atoms with E-state index in [0.29, 0.717) is 12.6 Å². The molecule has 0 bridgehead atoms. The summed E-state index contributed by atoms with van der Waals surface area (Å²) in [6.07, 6.45) is 6.38. The van der Waals surface area contributed by atoms with Crippen molar-refractivity contribution in [2.75, 3.05) is 24.5 Å². The number of rotatable bonds is 4. The van der Waals surface area contributed by atoms with Gasteiger partial charge in [-0.2, -0.15) is 0 Å². The first kappa shape index (κ1) is 11.0. The zero-order valence-electron chi connectivity index (χ0n) is 9.74. The van der Waals surface area contributed by atoms with Gasteiger partial charge in [0.1, 0.15) is 0 Å². The van der Waals surface area contributed by atoms with Gasteiger partial charge in [0.05, 0.1) is 6.54 Å². The number of terminal acetylenes is 1. The Morgan fingerprint density at radius 1 is 1.50 bits per heavy atom. The van der Waals surface area contributed by atoms with E-state index >= 15 is 0 Å². The SMILES string of the molecule is C#CCNCC(C)N1CCc2ccccc21. The molecule has 1 aliphatic rings. The Bertz CT molecular complexity index is 392. The van der Waals surface area contributed by atoms with Crippen LogP contribution in [-0.4, -0.2) is 25.7 Å². The van der Waals surface area contributed by atoms with Gasteiger partial charge >= 0.3 is 0 Å². The summed E-state index contributed by atoms with van der Waals surface area (Å²) in [6, 6.07) is 9.15. The summed E-state index contributed by atoms with van der Waals surface area (Å²) in [5, 5.41) is 3.26. The van der Waals surface area contributed by atoms with Crippen molar-refractivity contribution in [2.24, 2.45) is 0 Å². The first-order valence-electron chi connectivity index (χ1n) is 5.81. The Labute approximate surface area is 97.7 Å². The lowest BCUT2D eigenvalue weighted by atomic mass is 10.2. The van der Waals surface area contributed by atoms with Gasteiger partial charge in [-0.05, 0) is 25.0 Å². The van der Waals surface area contributed by atoms with Crippen LogP contribution >= 0.6 is 0 Å². The lowest BCUT2D eigenvalue weighted by Crippen LogP contribution is -2.39. The van der Waals surface area contributed by atoms with Crippen molar-refractivity contribution in [3.8, 4) is 12.3 Å². The van der Waals surface area contributed by atoms with Gasteiger partial charge in [0, 0.05) is 24.8 Å². The molecule has 84 valence electrons. The Morgan fingerprint density at radius 2 is 2.31 bits per heavy atom. The maximum atomic E-state index is 5.22. The fourth-order valence-electron chi connectivity index (χ4n) is 2.29. The maximum absolute atomic E-state index is 5.22. The zero-order valence-corrected chi connectivity index (χ0v) is 9.74. The predicted molar refractivity (Wildman–Crippen MR) is 68.7 cm³/mol. The lowest BCUT2D eigenvalue weighted by Gasteiger charge is -2.27. The molecule has 16 heavy (non-hydrogen) atoms. The number of anilines is 1. The molecule has 1 unspecified atom stereocenters. The second kappa shape index (κ2) is 5.05. The van der Waals surface area contributed by atoms with Gasteiger partial charge in [-0.25, -0.2) is 0 Å². The van der Waals surface area contributed by atoms with Gasteiger partial charge < -0.3 is 10.2 Å². The highest BCUT2D eigenvalue weighted by Crippen LogP contribution is 2.28. The molecule has 2 heteroatoms. The predicted octanol–water partition coefficient (Wildman–Crippen LogP) is 1.66. The van der Waals surface area contributed by atoms with Crippen LogP contribution in [0.3, 0.4) is 0 Å². The highest BCUT2D eigenvalue weighted by molar-refractivity contribution is 5.58. The molecule has 2 rings (SSSR count). The van der Waals surface area contributed by atoms with E-state index in [9.17, 15) is 0 Å². The van der Waals surface area contributed by atoms with Crippen LogP contribution in [0.4, 0.5) is 5.69 Å². The molecule has 1 N–H and O–H groups in total. The number of hydrogen-bond acceptors (Lipinski definition) is 2. The molecule has 0 radical (unpaired) electrons. The minimum absolute atomic E-state index is 0.497. The van der Waals surface area contributed by atoms with Crippen molar-refractivity contribution in [3.63, 3.8) is 0 Å². The first-order valence-corrected chi connectivity index (χ1v) is 5.81. The summed E-state index contributed by atoms with van der Waals surface area (Å²) in [4.78, 5) is 2.46. The van der Waals surface area contributed by atoms with Gasteiger partial charge in [0.15, 0.2) is 0 Å². The highest BCUT2D eigenvalue weighted by Gasteiger charge is 2.22. The molecule has 0 aromatic heterocycles. The Morgan fingerprint density at radius 3 is 3.12 bits per heavy atom. The van der Waals surface area contributed by atoms with Crippen LogP contribution in [0.2, 0.25) is 0 Å². The molecule has 0 amide bonds. The Kier molecular flexibility index (Phi) is 3.48. The molecule has 1 aliphatic heterocycles. The molecule has 0 saturated carbocycles. The molecule has 0 fully saturated rings. The van der Waals surface area contributed by atoms with E-state index in [1.165, 1.54) is 11.3 Å². The second-order valence-electron chi connectivity index (χ2n) is 4.26. The van der Waals surface area contributed by atoms with Crippen LogP contribution < -0.4 is 10.2 Å². The topological polar surface area (TPSA) is 15.3 Å². The van der Waals surface area contributed by atoms with Crippen molar-refractivity contribution in [1.29, 1.82) is 0 Å². The van der Waals surface area contributed by atoms with Gasteiger partial charge in [-0.1, -0.05) is 24.1 Å². The van der Waals surface area contributed by atoms with Crippen LogP contribution in [0.15, 0.2) is 24.3 Å². The quantitative estimate of drug-likeness (QED) is 0.606.